The lowest BCUT2D eigenvalue weighted by Crippen LogP contribution is -2.27. The van der Waals surface area contributed by atoms with Crippen molar-refractivity contribution < 1.29 is 0 Å². The number of rotatable bonds is 3. The monoisotopic (exact) mass is 638 g/mol. The van der Waals surface area contributed by atoms with Gasteiger partial charge in [0.1, 0.15) is 0 Å². The summed E-state index contributed by atoms with van der Waals surface area (Å²) in [6.45, 7) is 4.62. The predicted molar refractivity (Wildman–Crippen MR) is 211 cm³/mol. The molecule has 0 saturated carbocycles. The molecule has 2 unspecified atom stereocenters. The lowest BCUT2D eigenvalue weighted by Gasteiger charge is -2.34. The molecular formula is C48H34N2. The Kier molecular flexibility index (Phi) is 6.47. The first-order valence-electron chi connectivity index (χ1n) is 17.5. The maximum Gasteiger partial charge on any atom is 0.0794 e. The third-order valence-corrected chi connectivity index (χ3v) is 10.9. The molecule has 0 amide bonds. The topological polar surface area (TPSA) is 25.2 Å². The molecular weight excluding hydrogens is 605 g/mol. The molecule has 236 valence electrons. The highest BCUT2D eigenvalue weighted by atomic mass is 14.8. The van der Waals surface area contributed by atoms with E-state index in [1.165, 1.54) is 71.1 Å². The second kappa shape index (κ2) is 11.2. The van der Waals surface area contributed by atoms with Crippen LogP contribution >= 0.6 is 0 Å². The van der Waals surface area contributed by atoms with Crippen molar-refractivity contribution in [3.05, 3.63) is 186 Å². The summed E-state index contributed by atoms with van der Waals surface area (Å²) in [7, 11) is 0. The Morgan fingerprint density at radius 1 is 0.520 bits per heavy atom. The third kappa shape index (κ3) is 4.28. The number of aryl methyl sites for hydroxylation is 2. The lowest BCUT2D eigenvalue weighted by molar-refractivity contribution is 0.699. The summed E-state index contributed by atoms with van der Waals surface area (Å²) in [6.07, 6.45) is 8.92. The van der Waals surface area contributed by atoms with Gasteiger partial charge in [-0.1, -0.05) is 140 Å². The minimum absolute atomic E-state index is 0.0552. The number of nitrogens with zero attached hydrogens (tertiary/aromatic N) is 2. The quantitative estimate of drug-likeness (QED) is 0.177. The van der Waals surface area contributed by atoms with Gasteiger partial charge in [0.05, 0.1) is 23.0 Å². The molecule has 0 bridgehead atoms. The highest BCUT2D eigenvalue weighted by molar-refractivity contribution is 6.22. The smallest absolute Gasteiger partial charge is 0.0794 e. The van der Waals surface area contributed by atoms with Gasteiger partial charge in [-0.05, 0) is 86.8 Å². The van der Waals surface area contributed by atoms with Crippen LogP contribution in [0.25, 0.3) is 65.6 Å². The van der Waals surface area contributed by atoms with Gasteiger partial charge in [0.15, 0.2) is 0 Å². The Hall–Kier alpha value is -6.12. The van der Waals surface area contributed by atoms with Crippen LogP contribution in [0.2, 0.25) is 0 Å². The summed E-state index contributed by atoms with van der Waals surface area (Å²) in [6, 6.07) is 48.3. The van der Waals surface area contributed by atoms with Crippen molar-refractivity contribution in [3.63, 3.8) is 0 Å². The molecule has 50 heavy (non-hydrogen) atoms. The van der Waals surface area contributed by atoms with Crippen LogP contribution in [0, 0.1) is 13.8 Å². The first kappa shape index (κ1) is 28.9. The second-order valence-corrected chi connectivity index (χ2v) is 13.7. The van der Waals surface area contributed by atoms with Gasteiger partial charge >= 0.3 is 0 Å². The van der Waals surface area contributed by atoms with Gasteiger partial charge < -0.3 is 0 Å². The number of para-hydroxylation sites is 1. The van der Waals surface area contributed by atoms with Crippen molar-refractivity contribution in [2.75, 3.05) is 0 Å². The summed E-state index contributed by atoms with van der Waals surface area (Å²) in [4.78, 5) is 10.9. The van der Waals surface area contributed by atoms with Gasteiger partial charge in [0, 0.05) is 33.4 Å². The van der Waals surface area contributed by atoms with E-state index in [9.17, 15) is 0 Å². The average Bonchev–Trinajstić information content (AvgIpc) is 3.18. The Morgan fingerprint density at radius 2 is 1.20 bits per heavy atom. The molecule has 0 saturated heterocycles. The summed E-state index contributed by atoms with van der Waals surface area (Å²) in [5.41, 5.74) is 13.0. The normalized spacial score (nSPS) is 16.6. The lowest BCUT2D eigenvalue weighted by atomic mass is 9.74. The Morgan fingerprint density at radius 3 is 2.06 bits per heavy atom. The number of hydrogen-bond acceptors (Lipinski definition) is 2. The molecule has 0 spiro atoms. The van der Waals surface area contributed by atoms with Crippen LogP contribution < -0.4 is 0 Å². The summed E-state index contributed by atoms with van der Waals surface area (Å²) in [5, 5.41) is 8.75. The standard InChI is InChI=1S/C48H34N2/c1-29-44-39-24-11-13-26-42(39)50-48(34-19-14-18-32(27-34)40-28-33-17-6-7-20-35(33)36-21-8-9-22-37(36)40)46(44)30(2)43-38-23-10-12-25-41(38)49-47(45(29)43)31-15-4-3-5-16-31/h3-28,38,41H,1-2H3. The number of fused-ring (bicyclic) bond motifs is 9. The molecule has 2 heterocycles. The van der Waals surface area contributed by atoms with Crippen LogP contribution in [-0.2, 0) is 0 Å². The summed E-state index contributed by atoms with van der Waals surface area (Å²) in [5.74, 6) is 0.167. The zero-order valence-corrected chi connectivity index (χ0v) is 28.1. The molecule has 7 aromatic carbocycles. The molecule has 2 aliphatic rings. The fourth-order valence-corrected chi connectivity index (χ4v) is 8.69. The van der Waals surface area contributed by atoms with Crippen LogP contribution in [0.5, 0.6) is 0 Å². The Bertz CT molecular complexity index is 2780. The van der Waals surface area contributed by atoms with E-state index in [1.807, 2.05) is 0 Å². The van der Waals surface area contributed by atoms with Gasteiger partial charge in [0.2, 0.25) is 0 Å². The van der Waals surface area contributed by atoms with Gasteiger partial charge in [-0.2, -0.15) is 0 Å². The molecule has 0 N–H and O–H groups in total. The fourth-order valence-electron chi connectivity index (χ4n) is 8.69. The minimum atomic E-state index is 0.0552. The van der Waals surface area contributed by atoms with E-state index in [0.717, 1.165) is 28.0 Å². The third-order valence-electron chi connectivity index (χ3n) is 10.9. The number of pyridine rings is 1. The first-order chi connectivity index (χ1) is 24.7. The van der Waals surface area contributed by atoms with Crippen LogP contribution in [0.1, 0.15) is 33.7 Å². The van der Waals surface area contributed by atoms with E-state index in [-0.39, 0.29) is 12.0 Å². The predicted octanol–water partition coefficient (Wildman–Crippen LogP) is 12.1. The first-order valence-corrected chi connectivity index (χ1v) is 17.5. The number of benzene rings is 7. The number of hydrogen-bond donors (Lipinski definition) is 0. The van der Waals surface area contributed by atoms with Gasteiger partial charge in [-0.25, -0.2) is 4.98 Å². The van der Waals surface area contributed by atoms with E-state index in [0.29, 0.717) is 0 Å². The summed E-state index contributed by atoms with van der Waals surface area (Å²) >= 11 is 0. The average molecular weight is 639 g/mol. The fraction of sp³-hybridized carbons (Fsp3) is 0.0833. The molecule has 0 radical (unpaired) electrons. The van der Waals surface area contributed by atoms with E-state index < -0.39 is 0 Å². The zero-order valence-electron chi connectivity index (χ0n) is 28.1. The molecule has 2 atom stereocenters. The highest BCUT2D eigenvalue weighted by Crippen LogP contribution is 2.47. The van der Waals surface area contributed by atoms with Crippen LogP contribution in [0.3, 0.4) is 0 Å². The van der Waals surface area contributed by atoms with E-state index in [1.54, 1.807) is 0 Å². The van der Waals surface area contributed by atoms with Crippen molar-refractivity contribution in [1.29, 1.82) is 0 Å². The van der Waals surface area contributed by atoms with Crippen molar-refractivity contribution in [2.45, 2.75) is 25.8 Å². The maximum atomic E-state index is 5.49. The van der Waals surface area contributed by atoms with Crippen molar-refractivity contribution in [3.8, 4) is 22.4 Å². The molecule has 8 aromatic rings. The van der Waals surface area contributed by atoms with Crippen molar-refractivity contribution in [2.24, 2.45) is 4.99 Å². The SMILES string of the molecule is Cc1c2c(c(C)c3c1c(-c1cccc(-c4cc5ccccc5c5ccccc45)c1)nc1ccccc13)C(c1ccccc1)=NC1C=CC=CC21. The van der Waals surface area contributed by atoms with Gasteiger partial charge in [0.25, 0.3) is 0 Å². The molecule has 1 aliphatic heterocycles. The Balaban J connectivity index is 1.28. The number of aromatic nitrogens is 1. The minimum Gasteiger partial charge on any atom is -0.276 e. The van der Waals surface area contributed by atoms with E-state index in [4.69, 9.17) is 9.98 Å². The molecule has 2 heteroatoms. The highest BCUT2D eigenvalue weighted by Gasteiger charge is 2.34. The zero-order chi connectivity index (χ0) is 33.3. The van der Waals surface area contributed by atoms with Gasteiger partial charge in [-0.15, -0.1) is 0 Å². The second-order valence-electron chi connectivity index (χ2n) is 13.7. The largest absolute Gasteiger partial charge is 0.276 e. The van der Waals surface area contributed by atoms with Gasteiger partial charge in [-0.3, -0.25) is 4.99 Å². The maximum absolute atomic E-state index is 5.49. The van der Waals surface area contributed by atoms with Crippen LogP contribution in [-0.4, -0.2) is 16.7 Å². The van der Waals surface area contributed by atoms with E-state index in [2.05, 4.69) is 172 Å². The number of allylic oxidation sites excluding steroid dienone is 2. The molecule has 1 aliphatic carbocycles. The van der Waals surface area contributed by atoms with Crippen LogP contribution in [0.15, 0.2) is 163 Å². The van der Waals surface area contributed by atoms with Crippen molar-refractivity contribution >= 4 is 48.9 Å². The molecule has 0 fully saturated rings. The Labute approximate surface area is 291 Å². The van der Waals surface area contributed by atoms with Crippen LogP contribution in [0.4, 0.5) is 0 Å². The molecule has 1 aromatic heterocycles. The molecule has 10 rings (SSSR count). The molecule has 2 nitrogen and oxygen atoms in total. The number of aliphatic imine (C=N–C) groups is 1. The van der Waals surface area contributed by atoms with E-state index >= 15 is 0 Å². The summed E-state index contributed by atoms with van der Waals surface area (Å²) < 4.78 is 0. The van der Waals surface area contributed by atoms with Crippen molar-refractivity contribution in [1.82, 2.24) is 4.98 Å².